The molecule has 2 heterocycles. The first kappa shape index (κ1) is 21.6. The predicted octanol–water partition coefficient (Wildman–Crippen LogP) is 3.79. The fourth-order valence-corrected chi connectivity index (χ4v) is 3.56. The van der Waals surface area contributed by atoms with Crippen molar-refractivity contribution < 1.29 is 14.4 Å². The number of piperazine rings is 1. The Bertz CT molecular complexity index is 1040. The van der Waals surface area contributed by atoms with E-state index in [-0.39, 0.29) is 12.3 Å². The third-order valence-corrected chi connectivity index (χ3v) is 5.25. The van der Waals surface area contributed by atoms with Gasteiger partial charge in [0.05, 0.1) is 23.7 Å². The molecular weight excluding hydrogens is 408 g/mol. The van der Waals surface area contributed by atoms with Crippen molar-refractivity contribution in [2.45, 2.75) is 6.61 Å². The van der Waals surface area contributed by atoms with Crippen LogP contribution in [0.2, 0.25) is 0 Å². The van der Waals surface area contributed by atoms with E-state index in [2.05, 4.69) is 16.4 Å². The maximum atomic E-state index is 11.8. The molecule has 0 saturated carbocycles. The van der Waals surface area contributed by atoms with E-state index >= 15 is 0 Å². The van der Waals surface area contributed by atoms with Crippen LogP contribution in [0.15, 0.2) is 66.9 Å². The van der Waals surface area contributed by atoms with Gasteiger partial charge in [0.15, 0.2) is 11.5 Å². The van der Waals surface area contributed by atoms with Gasteiger partial charge in [-0.3, -0.25) is 15.0 Å². The van der Waals surface area contributed by atoms with Crippen LogP contribution in [0.1, 0.15) is 11.1 Å². The van der Waals surface area contributed by atoms with Crippen molar-refractivity contribution >= 4 is 11.5 Å². The van der Waals surface area contributed by atoms with Crippen LogP contribution in [-0.2, 0) is 6.61 Å². The van der Waals surface area contributed by atoms with Gasteiger partial charge in [0.2, 0.25) is 0 Å². The molecule has 0 bridgehead atoms. The fraction of sp³-hybridized carbons (Fsp3) is 0.250. The number of nitro groups is 1. The number of anilines is 1. The van der Waals surface area contributed by atoms with Gasteiger partial charge in [-0.05, 0) is 23.8 Å². The van der Waals surface area contributed by atoms with Crippen LogP contribution in [0.25, 0.3) is 0 Å². The van der Waals surface area contributed by atoms with Crippen molar-refractivity contribution in [3.05, 3.63) is 94.6 Å². The fourth-order valence-electron chi connectivity index (χ4n) is 3.56. The summed E-state index contributed by atoms with van der Waals surface area (Å²) in [7, 11) is 1.52. The molecule has 2 radical (unpaired) electrons. The summed E-state index contributed by atoms with van der Waals surface area (Å²) in [6.45, 7) is 6.36. The summed E-state index contributed by atoms with van der Waals surface area (Å²) >= 11 is 0. The third-order valence-electron chi connectivity index (χ3n) is 5.25. The quantitative estimate of drug-likeness (QED) is 0.396. The summed E-state index contributed by atoms with van der Waals surface area (Å²) < 4.78 is 11.3. The number of aromatic nitrogens is 1. The molecule has 3 aromatic rings. The van der Waals surface area contributed by atoms with Crippen LogP contribution < -0.4 is 14.4 Å². The van der Waals surface area contributed by atoms with Crippen molar-refractivity contribution in [1.82, 2.24) is 9.88 Å². The molecule has 164 valence electrons. The van der Waals surface area contributed by atoms with Crippen molar-refractivity contribution in [2.24, 2.45) is 0 Å². The molecule has 2 aromatic carbocycles. The van der Waals surface area contributed by atoms with Crippen LogP contribution in [-0.4, -0.2) is 48.1 Å². The number of pyridine rings is 1. The van der Waals surface area contributed by atoms with Gasteiger partial charge in [-0.25, -0.2) is 4.98 Å². The summed E-state index contributed by atoms with van der Waals surface area (Å²) in [5, 5.41) is 11.8. The Morgan fingerprint density at radius 1 is 1.03 bits per heavy atom. The summed E-state index contributed by atoms with van der Waals surface area (Å²) in [6.07, 6.45) is 1.77. The Morgan fingerprint density at radius 3 is 2.44 bits per heavy atom. The van der Waals surface area contributed by atoms with Crippen LogP contribution in [0.4, 0.5) is 11.5 Å². The van der Waals surface area contributed by atoms with Gasteiger partial charge >= 0.3 is 0 Å². The molecule has 0 unspecified atom stereocenters. The summed E-state index contributed by atoms with van der Waals surface area (Å²) in [6, 6.07) is 18.5. The zero-order valence-electron chi connectivity index (χ0n) is 17.8. The first-order valence-electron chi connectivity index (χ1n) is 10.3. The second kappa shape index (κ2) is 10.1. The molecule has 8 nitrogen and oxygen atoms in total. The van der Waals surface area contributed by atoms with Gasteiger partial charge < -0.3 is 14.4 Å². The third kappa shape index (κ3) is 5.15. The van der Waals surface area contributed by atoms with Gasteiger partial charge in [-0.1, -0.05) is 36.4 Å². The van der Waals surface area contributed by atoms with E-state index in [4.69, 9.17) is 9.47 Å². The van der Waals surface area contributed by atoms with Crippen molar-refractivity contribution in [1.29, 1.82) is 0 Å². The topological polar surface area (TPSA) is 81.0 Å². The van der Waals surface area contributed by atoms with Gasteiger partial charge in [0.25, 0.3) is 5.69 Å². The zero-order chi connectivity index (χ0) is 22.3. The first-order chi connectivity index (χ1) is 15.6. The van der Waals surface area contributed by atoms with E-state index in [1.165, 1.54) is 13.2 Å². The highest BCUT2D eigenvalue weighted by Gasteiger charge is 2.25. The number of methoxy groups -OCH3 is 1. The highest BCUT2D eigenvalue weighted by atomic mass is 16.6. The lowest BCUT2D eigenvalue weighted by Crippen LogP contribution is -2.45. The summed E-state index contributed by atoms with van der Waals surface area (Å²) in [5.74, 6) is 1.69. The zero-order valence-corrected chi connectivity index (χ0v) is 17.8. The number of nitrogens with zero attached hydrogens (tertiary/aromatic N) is 4. The van der Waals surface area contributed by atoms with Gasteiger partial charge in [0, 0.05) is 32.4 Å². The molecular formula is C24H24N4O4. The molecule has 1 aliphatic heterocycles. The van der Waals surface area contributed by atoms with E-state index in [0.717, 1.165) is 24.5 Å². The number of ether oxygens (including phenoxy) is 2. The number of hydrogen-bond acceptors (Lipinski definition) is 7. The minimum atomic E-state index is -0.415. The predicted molar refractivity (Wildman–Crippen MR) is 121 cm³/mol. The molecule has 0 aliphatic carbocycles. The Morgan fingerprint density at radius 2 is 1.78 bits per heavy atom. The van der Waals surface area contributed by atoms with E-state index in [1.807, 2.05) is 53.4 Å². The SMILES string of the molecule is COc1cc([C]N2CCN(c3ccccn3)CC2)c([N+](=O)[O-])cc1OCc1ccccc1. The lowest BCUT2D eigenvalue weighted by atomic mass is 10.1. The normalized spacial score (nSPS) is 14.2. The molecule has 1 saturated heterocycles. The molecule has 0 spiro atoms. The monoisotopic (exact) mass is 432 g/mol. The van der Waals surface area contributed by atoms with Crippen LogP contribution in [0, 0.1) is 16.7 Å². The van der Waals surface area contributed by atoms with Crippen molar-refractivity contribution in [2.75, 3.05) is 38.2 Å². The van der Waals surface area contributed by atoms with Crippen LogP contribution in [0.5, 0.6) is 11.5 Å². The molecule has 0 amide bonds. The molecule has 0 N–H and O–H groups in total. The maximum absolute atomic E-state index is 11.8. The summed E-state index contributed by atoms with van der Waals surface area (Å²) in [5.41, 5.74) is 1.26. The Hall–Kier alpha value is -3.65. The molecule has 8 heteroatoms. The second-order valence-electron chi connectivity index (χ2n) is 7.33. The Balaban J connectivity index is 1.46. The van der Waals surface area contributed by atoms with Gasteiger partial charge in [-0.2, -0.15) is 0 Å². The van der Waals surface area contributed by atoms with E-state index in [1.54, 1.807) is 12.3 Å². The largest absolute Gasteiger partial charge is 0.493 e. The molecule has 1 aliphatic rings. The average molecular weight is 432 g/mol. The van der Waals surface area contributed by atoms with Crippen molar-refractivity contribution in [3.8, 4) is 11.5 Å². The molecule has 1 fully saturated rings. The van der Waals surface area contributed by atoms with Gasteiger partial charge in [-0.15, -0.1) is 0 Å². The molecule has 0 atom stereocenters. The second-order valence-corrected chi connectivity index (χ2v) is 7.33. The molecule has 32 heavy (non-hydrogen) atoms. The van der Waals surface area contributed by atoms with E-state index < -0.39 is 4.92 Å². The number of hydrogen-bond donors (Lipinski definition) is 0. The minimum absolute atomic E-state index is 0.0685. The lowest BCUT2D eigenvalue weighted by Gasteiger charge is -2.34. The lowest BCUT2D eigenvalue weighted by molar-refractivity contribution is -0.385. The van der Waals surface area contributed by atoms with Crippen LogP contribution in [0.3, 0.4) is 0 Å². The van der Waals surface area contributed by atoms with Crippen LogP contribution >= 0.6 is 0 Å². The van der Waals surface area contributed by atoms with Gasteiger partial charge in [0.1, 0.15) is 19.0 Å². The van der Waals surface area contributed by atoms with Crippen molar-refractivity contribution in [3.63, 3.8) is 0 Å². The number of nitro benzene ring substituents is 1. The van der Waals surface area contributed by atoms with E-state index in [9.17, 15) is 10.1 Å². The molecule has 4 rings (SSSR count). The Labute approximate surface area is 187 Å². The first-order valence-corrected chi connectivity index (χ1v) is 10.3. The summed E-state index contributed by atoms with van der Waals surface area (Å²) in [4.78, 5) is 19.9. The maximum Gasteiger partial charge on any atom is 0.278 e. The Kier molecular flexibility index (Phi) is 6.81. The standard InChI is InChI=1S/C24H24N4O4/c1-31-22-15-20(17-26-11-13-27(14-12-26)24-9-5-6-10-25-24)21(28(29)30)16-23(22)32-18-19-7-3-2-4-8-19/h2-10,15-16H,11-14,18H2,1H3. The van der Waals surface area contributed by atoms with E-state index in [0.29, 0.717) is 30.2 Å². The number of rotatable bonds is 8. The highest BCUT2D eigenvalue weighted by Crippen LogP contribution is 2.36. The minimum Gasteiger partial charge on any atom is -0.493 e. The number of benzene rings is 2. The average Bonchev–Trinajstić information content (AvgIpc) is 2.84. The highest BCUT2D eigenvalue weighted by molar-refractivity contribution is 5.56. The molecule has 1 aromatic heterocycles. The smallest absolute Gasteiger partial charge is 0.278 e.